The second-order valence-corrected chi connectivity index (χ2v) is 18.2. The van der Waals surface area contributed by atoms with Crippen molar-refractivity contribution in [1.82, 2.24) is 29.7 Å². The number of carbonyl (C=O) groups excluding carboxylic acids is 3. The summed E-state index contributed by atoms with van der Waals surface area (Å²) in [4.78, 5) is 86.6. The molecule has 6 heterocycles. The molecule has 1 saturated carbocycles. The number of halogens is 2. The SMILES string of the molecule is CC(C)(CO)NC(=O)C1=Cn2c(=O)c(C(=O)NC3CC3)c(O)c3ncc(Cc4ccc(F)cc4)c(c32)O1.CCOC(=O)c1c(OCc2ccccc2)c2ncc(Cc3ccc(F)cc3)c3c2n(c1=O)C=C(C(=O)O)O3. The third-order valence-corrected chi connectivity index (χ3v) is 12.1. The van der Waals surface area contributed by atoms with Crippen LogP contribution in [0.1, 0.15) is 82.1 Å². The number of carboxylic acid groups (broad SMARTS) is 1. The number of nitrogens with zero attached hydrogens (tertiary/aromatic N) is 4. The van der Waals surface area contributed by atoms with Crippen LogP contribution in [0.2, 0.25) is 0 Å². The van der Waals surface area contributed by atoms with Crippen LogP contribution in [0, 0.1) is 11.6 Å². The molecule has 4 aromatic heterocycles. The van der Waals surface area contributed by atoms with Gasteiger partial charge >= 0.3 is 11.9 Å². The second kappa shape index (κ2) is 20.7. The first-order valence-corrected chi connectivity index (χ1v) is 23.4. The Morgan fingerprint density at radius 2 is 1.28 bits per heavy atom. The molecule has 2 amide bonds. The number of aromatic hydroxyl groups is 1. The third kappa shape index (κ3) is 10.5. The molecule has 2 aliphatic heterocycles. The minimum absolute atomic E-state index is 0.00302. The van der Waals surface area contributed by atoms with Gasteiger partial charge in [-0.1, -0.05) is 54.6 Å². The number of esters is 1. The molecule has 7 aromatic rings. The number of carboxylic acids is 1. The molecule has 0 saturated heterocycles. The first kappa shape index (κ1) is 50.7. The van der Waals surface area contributed by atoms with Gasteiger partial charge in [-0.3, -0.25) is 38.3 Å². The van der Waals surface area contributed by atoms with Gasteiger partial charge in [-0.2, -0.15) is 0 Å². The molecule has 0 bridgehead atoms. The molecule has 5 N–H and O–H groups in total. The fraction of sp³-hybridized carbons (Fsp3) is 0.222. The highest BCUT2D eigenvalue weighted by Gasteiger charge is 2.35. The Labute approximate surface area is 423 Å². The van der Waals surface area contributed by atoms with Crippen LogP contribution in [0.3, 0.4) is 0 Å². The van der Waals surface area contributed by atoms with Crippen LogP contribution >= 0.6 is 0 Å². The molecule has 75 heavy (non-hydrogen) atoms. The molecule has 21 heteroatoms. The summed E-state index contributed by atoms with van der Waals surface area (Å²) in [7, 11) is 0. The third-order valence-electron chi connectivity index (χ3n) is 12.1. The van der Waals surface area contributed by atoms with Crippen molar-refractivity contribution in [2.24, 2.45) is 0 Å². The van der Waals surface area contributed by atoms with Crippen molar-refractivity contribution in [3.05, 3.63) is 174 Å². The predicted molar refractivity (Wildman–Crippen MR) is 266 cm³/mol. The Hall–Kier alpha value is -9.24. The maximum Gasteiger partial charge on any atom is 0.373 e. The quantitative estimate of drug-likeness (QED) is 0.0743. The maximum absolute atomic E-state index is 13.6. The van der Waals surface area contributed by atoms with E-state index in [1.54, 1.807) is 45.0 Å². The second-order valence-electron chi connectivity index (χ2n) is 18.2. The molecule has 0 spiro atoms. The number of aliphatic carboxylic acids is 1. The van der Waals surface area contributed by atoms with E-state index in [0.717, 1.165) is 39.9 Å². The van der Waals surface area contributed by atoms with Gasteiger partial charge in [-0.15, -0.1) is 0 Å². The lowest BCUT2D eigenvalue weighted by Crippen LogP contribution is -2.47. The number of pyridine rings is 4. The molecule has 0 unspecified atom stereocenters. The summed E-state index contributed by atoms with van der Waals surface area (Å²) >= 11 is 0. The summed E-state index contributed by atoms with van der Waals surface area (Å²) in [5, 5.41) is 35.5. The van der Waals surface area contributed by atoms with Gasteiger partial charge in [0.1, 0.15) is 45.9 Å². The number of aliphatic hydroxyl groups is 1. The molecular weight excluding hydrogens is 979 g/mol. The standard InChI is InChI=1S/C28H21FN2O7.C26H25FN4O6/c1-2-36-28(35)21-25(37-15-17-6-4-3-5-7-17)22-23-24(38-20(27(33)34)14-31(23)26(21)32)18(13-30-22)12-16-8-10-19(29)11-9-16;1-26(2,12-32)30-23(34)17-11-31-20-19(21(33)18(25(31)36)24(35)29-16-7-8-16)28-10-14(22(20)37-17)9-13-3-5-15(27)6-4-13/h3-11,13-14H,2,12,15H2,1H3,(H,33,34);3-6,10-11,16,32-33H,7-9,12H2,1-2H3,(H,29,35)(H,30,34). The topological polar surface area (TPSA) is 260 Å². The molecule has 3 aromatic carbocycles. The number of rotatable bonds is 15. The van der Waals surface area contributed by atoms with Crippen molar-refractivity contribution < 1.29 is 62.2 Å². The van der Waals surface area contributed by atoms with Crippen molar-refractivity contribution in [1.29, 1.82) is 0 Å². The Bertz CT molecular complexity index is 3650. The number of nitrogens with one attached hydrogen (secondary N) is 2. The van der Waals surface area contributed by atoms with Gasteiger partial charge in [0.15, 0.2) is 28.6 Å². The van der Waals surface area contributed by atoms with E-state index in [1.165, 1.54) is 36.7 Å². The number of hydrogen-bond donors (Lipinski definition) is 5. The number of carbonyl (C=O) groups is 4. The minimum atomic E-state index is -1.41. The van der Waals surface area contributed by atoms with Crippen LogP contribution in [0.25, 0.3) is 34.5 Å². The summed E-state index contributed by atoms with van der Waals surface area (Å²) in [6, 6.07) is 20.6. The molecule has 0 radical (unpaired) electrons. The highest BCUT2D eigenvalue weighted by atomic mass is 19.1. The summed E-state index contributed by atoms with van der Waals surface area (Å²) in [6.07, 6.45) is 6.98. The normalized spacial score (nSPS) is 13.3. The highest BCUT2D eigenvalue weighted by molar-refractivity contribution is 6.05. The molecule has 19 nitrogen and oxygen atoms in total. The number of ether oxygens (including phenoxy) is 4. The van der Waals surface area contributed by atoms with Crippen LogP contribution in [-0.4, -0.2) is 83.0 Å². The number of hydrogen-bond acceptors (Lipinski definition) is 14. The van der Waals surface area contributed by atoms with E-state index >= 15 is 0 Å². The summed E-state index contributed by atoms with van der Waals surface area (Å²) < 4.78 is 51.7. The van der Waals surface area contributed by atoms with E-state index in [0.29, 0.717) is 22.3 Å². The average molecular weight is 1020 g/mol. The number of amides is 2. The predicted octanol–water partition coefficient (Wildman–Crippen LogP) is 5.96. The smallest absolute Gasteiger partial charge is 0.373 e. The van der Waals surface area contributed by atoms with E-state index in [1.807, 2.05) is 30.3 Å². The van der Waals surface area contributed by atoms with Crippen LogP contribution in [0.15, 0.2) is 112 Å². The number of aliphatic hydroxyl groups excluding tert-OH is 1. The Morgan fingerprint density at radius 1 is 0.747 bits per heavy atom. The number of aromatic nitrogens is 4. The monoisotopic (exact) mass is 1020 g/mol. The lowest BCUT2D eigenvalue weighted by Gasteiger charge is -2.26. The van der Waals surface area contributed by atoms with Crippen molar-refractivity contribution in [3.8, 4) is 23.0 Å². The zero-order valence-corrected chi connectivity index (χ0v) is 40.3. The first-order valence-electron chi connectivity index (χ1n) is 23.4. The fourth-order valence-corrected chi connectivity index (χ4v) is 8.14. The van der Waals surface area contributed by atoms with Gasteiger partial charge < -0.3 is 44.9 Å². The lowest BCUT2D eigenvalue weighted by molar-refractivity contribution is -0.135. The first-order chi connectivity index (χ1) is 35.9. The zero-order chi connectivity index (χ0) is 53.3. The van der Waals surface area contributed by atoms with Gasteiger partial charge in [0.05, 0.1) is 31.2 Å². The molecular formula is C54H46F2N6O13. The summed E-state index contributed by atoms with van der Waals surface area (Å²) in [5.41, 5.74) is -0.192. The van der Waals surface area contributed by atoms with Gasteiger partial charge in [0.2, 0.25) is 11.5 Å². The van der Waals surface area contributed by atoms with Crippen molar-refractivity contribution in [2.45, 2.75) is 64.6 Å². The Kier molecular flexibility index (Phi) is 14.0. The Morgan fingerprint density at radius 3 is 1.83 bits per heavy atom. The fourth-order valence-electron chi connectivity index (χ4n) is 8.14. The molecule has 3 aliphatic rings. The average Bonchev–Trinajstić information content (AvgIpc) is 4.24. The van der Waals surface area contributed by atoms with Gasteiger partial charge in [0.25, 0.3) is 22.9 Å². The zero-order valence-electron chi connectivity index (χ0n) is 40.3. The van der Waals surface area contributed by atoms with Crippen LogP contribution in [-0.2, 0) is 33.8 Å². The molecule has 1 fully saturated rings. The van der Waals surface area contributed by atoms with Crippen LogP contribution in [0.4, 0.5) is 8.78 Å². The highest BCUT2D eigenvalue weighted by Crippen LogP contribution is 2.41. The Balaban J connectivity index is 0.000000184. The van der Waals surface area contributed by atoms with E-state index < -0.39 is 74.7 Å². The van der Waals surface area contributed by atoms with Crippen molar-refractivity contribution in [3.63, 3.8) is 0 Å². The van der Waals surface area contributed by atoms with Crippen LogP contribution < -0.4 is 36.0 Å². The van der Waals surface area contributed by atoms with Gasteiger partial charge in [-0.05, 0) is 74.6 Å². The van der Waals surface area contributed by atoms with Crippen molar-refractivity contribution >= 4 is 58.2 Å². The van der Waals surface area contributed by atoms with E-state index in [2.05, 4.69) is 20.6 Å². The molecule has 384 valence electrons. The van der Waals surface area contributed by atoms with Gasteiger partial charge in [-0.25, -0.2) is 18.4 Å². The molecule has 0 atom stereocenters. The van der Waals surface area contributed by atoms with Crippen molar-refractivity contribution in [2.75, 3.05) is 13.2 Å². The summed E-state index contributed by atoms with van der Waals surface area (Å²) in [5.74, 6) is -5.91. The summed E-state index contributed by atoms with van der Waals surface area (Å²) in [6.45, 7) is 4.49. The van der Waals surface area contributed by atoms with E-state index in [-0.39, 0.29) is 83.8 Å². The van der Waals surface area contributed by atoms with Crippen LogP contribution in [0.5, 0.6) is 23.0 Å². The largest absolute Gasteiger partial charge is 0.505 e. The van der Waals surface area contributed by atoms with E-state index in [9.17, 15) is 52.9 Å². The number of benzene rings is 3. The van der Waals surface area contributed by atoms with Gasteiger partial charge in [0, 0.05) is 42.4 Å². The minimum Gasteiger partial charge on any atom is -0.505 e. The molecule has 1 aliphatic carbocycles. The lowest BCUT2D eigenvalue weighted by atomic mass is 10.0. The van der Waals surface area contributed by atoms with E-state index in [4.69, 9.17) is 18.9 Å². The maximum atomic E-state index is 13.6. The molecule has 10 rings (SSSR count).